The standard InChI is InChI=1S/C19H24F3N3O/c1-24-10-8-23-18(24)11-15-5-4-9-25(12-15)13-16-6-2-3-7-17(16)26-14-19(20,21)22/h2-3,6-8,10,15H,4-5,9,11-14H2,1H3. The molecular weight excluding hydrogens is 343 g/mol. The number of halogens is 3. The zero-order valence-corrected chi connectivity index (χ0v) is 14.9. The van der Waals surface area contributed by atoms with Crippen molar-refractivity contribution >= 4 is 0 Å². The smallest absolute Gasteiger partial charge is 0.422 e. The minimum Gasteiger partial charge on any atom is -0.484 e. The Morgan fingerprint density at radius 2 is 2.08 bits per heavy atom. The summed E-state index contributed by atoms with van der Waals surface area (Å²) in [4.78, 5) is 6.70. The van der Waals surface area contributed by atoms with Gasteiger partial charge in [-0.15, -0.1) is 0 Å². The van der Waals surface area contributed by atoms with Crippen LogP contribution in [0.3, 0.4) is 0 Å². The Kier molecular flexibility index (Phi) is 5.86. The van der Waals surface area contributed by atoms with Gasteiger partial charge in [0.2, 0.25) is 0 Å². The van der Waals surface area contributed by atoms with Gasteiger partial charge in [0.25, 0.3) is 0 Å². The highest BCUT2D eigenvalue weighted by atomic mass is 19.4. The molecule has 26 heavy (non-hydrogen) atoms. The van der Waals surface area contributed by atoms with Crippen LogP contribution in [0.1, 0.15) is 24.2 Å². The van der Waals surface area contributed by atoms with Gasteiger partial charge in [0.1, 0.15) is 11.6 Å². The van der Waals surface area contributed by atoms with Gasteiger partial charge in [0, 0.05) is 44.5 Å². The summed E-state index contributed by atoms with van der Waals surface area (Å²) in [6.45, 7) is 1.21. The first-order valence-electron chi connectivity index (χ1n) is 8.87. The second kappa shape index (κ2) is 8.12. The molecule has 1 atom stereocenters. The molecule has 1 aliphatic heterocycles. The normalized spacial score (nSPS) is 18.8. The molecular formula is C19H24F3N3O. The molecule has 2 heterocycles. The molecule has 4 nitrogen and oxygen atoms in total. The molecule has 0 spiro atoms. The predicted octanol–water partition coefficient (Wildman–Crippen LogP) is 3.82. The van der Waals surface area contributed by atoms with Crippen LogP contribution in [0, 0.1) is 5.92 Å². The van der Waals surface area contributed by atoms with Gasteiger partial charge in [0.05, 0.1) is 0 Å². The molecule has 0 saturated carbocycles. The quantitative estimate of drug-likeness (QED) is 0.778. The van der Waals surface area contributed by atoms with Crippen LogP contribution < -0.4 is 4.74 Å². The van der Waals surface area contributed by atoms with Crippen molar-refractivity contribution in [2.75, 3.05) is 19.7 Å². The highest BCUT2D eigenvalue weighted by Gasteiger charge is 2.29. The van der Waals surface area contributed by atoms with Gasteiger partial charge in [-0.2, -0.15) is 13.2 Å². The van der Waals surface area contributed by atoms with Crippen LogP contribution in [-0.2, 0) is 20.0 Å². The third-order valence-electron chi connectivity index (χ3n) is 4.75. The van der Waals surface area contributed by atoms with E-state index in [1.807, 2.05) is 36.1 Å². The van der Waals surface area contributed by atoms with Crippen molar-refractivity contribution in [3.8, 4) is 5.75 Å². The second-order valence-electron chi connectivity index (χ2n) is 6.91. The lowest BCUT2D eigenvalue weighted by atomic mass is 9.94. The van der Waals surface area contributed by atoms with E-state index in [1.165, 1.54) is 0 Å². The summed E-state index contributed by atoms with van der Waals surface area (Å²) in [6, 6.07) is 6.99. The number of benzene rings is 1. The number of aryl methyl sites for hydroxylation is 1. The van der Waals surface area contributed by atoms with Gasteiger partial charge in [-0.05, 0) is 31.4 Å². The number of hydrogen-bond acceptors (Lipinski definition) is 3. The fourth-order valence-corrected chi connectivity index (χ4v) is 3.49. The third-order valence-corrected chi connectivity index (χ3v) is 4.75. The monoisotopic (exact) mass is 367 g/mol. The summed E-state index contributed by atoms with van der Waals surface area (Å²) < 4.78 is 44.4. The fourth-order valence-electron chi connectivity index (χ4n) is 3.49. The molecule has 0 N–H and O–H groups in total. The van der Waals surface area contributed by atoms with E-state index in [0.717, 1.165) is 43.7 Å². The van der Waals surface area contributed by atoms with Gasteiger partial charge < -0.3 is 9.30 Å². The summed E-state index contributed by atoms with van der Waals surface area (Å²) in [6.07, 6.45) is 2.59. The third kappa shape index (κ3) is 5.24. The average Bonchev–Trinajstić information content (AvgIpc) is 2.99. The Bertz CT molecular complexity index is 714. The lowest BCUT2D eigenvalue weighted by Crippen LogP contribution is -2.36. The maximum atomic E-state index is 12.5. The van der Waals surface area contributed by atoms with Crippen molar-refractivity contribution in [2.24, 2.45) is 13.0 Å². The van der Waals surface area contributed by atoms with Crippen LogP contribution in [0.5, 0.6) is 5.75 Å². The van der Waals surface area contributed by atoms with E-state index >= 15 is 0 Å². The number of alkyl halides is 3. The van der Waals surface area contributed by atoms with Crippen molar-refractivity contribution in [1.82, 2.24) is 14.5 Å². The Hall–Kier alpha value is -2.02. The first-order chi connectivity index (χ1) is 12.4. The van der Waals surface area contributed by atoms with Gasteiger partial charge in [0.15, 0.2) is 6.61 Å². The van der Waals surface area contributed by atoms with Crippen molar-refractivity contribution in [2.45, 2.75) is 32.0 Å². The maximum Gasteiger partial charge on any atom is 0.422 e. The van der Waals surface area contributed by atoms with E-state index in [0.29, 0.717) is 18.2 Å². The molecule has 3 rings (SSSR count). The van der Waals surface area contributed by atoms with Crippen LogP contribution >= 0.6 is 0 Å². The molecule has 0 amide bonds. The molecule has 1 aromatic heterocycles. The molecule has 7 heteroatoms. The molecule has 2 aromatic rings. The lowest BCUT2D eigenvalue weighted by Gasteiger charge is -2.33. The SMILES string of the molecule is Cn1ccnc1CC1CCCN(Cc2ccccc2OCC(F)(F)F)C1. The molecule has 0 radical (unpaired) electrons. The Morgan fingerprint density at radius 1 is 1.27 bits per heavy atom. The van der Waals surface area contributed by atoms with Crippen LogP contribution in [0.4, 0.5) is 13.2 Å². The van der Waals surface area contributed by atoms with Crippen molar-refractivity contribution in [3.63, 3.8) is 0 Å². The minimum absolute atomic E-state index is 0.316. The molecule has 142 valence electrons. The highest BCUT2D eigenvalue weighted by Crippen LogP contribution is 2.26. The lowest BCUT2D eigenvalue weighted by molar-refractivity contribution is -0.153. The van der Waals surface area contributed by atoms with E-state index in [2.05, 4.69) is 9.88 Å². The number of hydrogen-bond donors (Lipinski definition) is 0. The molecule has 1 aliphatic rings. The van der Waals surface area contributed by atoms with E-state index in [1.54, 1.807) is 12.1 Å². The number of likely N-dealkylation sites (tertiary alicyclic amines) is 1. The van der Waals surface area contributed by atoms with Crippen molar-refractivity contribution < 1.29 is 17.9 Å². The van der Waals surface area contributed by atoms with E-state index < -0.39 is 12.8 Å². The maximum absolute atomic E-state index is 12.5. The summed E-state index contributed by atoms with van der Waals surface area (Å²) >= 11 is 0. The fraction of sp³-hybridized carbons (Fsp3) is 0.526. The van der Waals surface area contributed by atoms with Gasteiger partial charge in [-0.1, -0.05) is 18.2 Å². The zero-order valence-electron chi connectivity index (χ0n) is 14.9. The number of para-hydroxylation sites is 1. The minimum atomic E-state index is -4.33. The van der Waals surface area contributed by atoms with Crippen LogP contribution in [0.2, 0.25) is 0 Å². The topological polar surface area (TPSA) is 30.3 Å². The summed E-state index contributed by atoms with van der Waals surface area (Å²) in [7, 11) is 2.00. The number of imidazole rings is 1. The molecule has 1 aromatic carbocycles. The second-order valence-corrected chi connectivity index (χ2v) is 6.91. The molecule has 1 fully saturated rings. The number of piperidine rings is 1. The number of ether oxygens (including phenoxy) is 1. The number of aromatic nitrogens is 2. The average molecular weight is 367 g/mol. The van der Waals surface area contributed by atoms with Crippen LogP contribution in [0.25, 0.3) is 0 Å². The Morgan fingerprint density at radius 3 is 2.81 bits per heavy atom. The van der Waals surface area contributed by atoms with Gasteiger partial charge in [-0.3, -0.25) is 4.90 Å². The number of nitrogens with zero attached hydrogens (tertiary/aromatic N) is 3. The highest BCUT2D eigenvalue weighted by molar-refractivity contribution is 5.33. The van der Waals surface area contributed by atoms with Crippen LogP contribution in [-0.4, -0.2) is 40.3 Å². The molecule has 0 bridgehead atoms. The largest absolute Gasteiger partial charge is 0.484 e. The molecule has 1 unspecified atom stereocenters. The molecule has 1 saturated heterocycles. The summed E-state index contributed by atoms with van der Waals surface area (Å²) in [5, 5.41) is 0. The van der Waals surface area contributed by atoms with Crippen molar-refractivity contribution in [1.29, 1.82) is 0 Å². The van der Waals surface area contributed by atoms with E-state index in [9.17, 15) is 13.2 Å². The Labute approximate surface area is 151 Å². The summed E-state index contributed by atoms with van der Waals surface area (Å²) in [5.74, 6) is 1.90. The zero-order chi connectivity index (χ0) is 18.6. The number of rotatable bonds is 6. The molecule has 0 aliphatic carbocycles. The van der Waals surface area contributed by atoms with Gasteiger partial charge >= 0.3 is 6.18 Å². The van der Waals surface area contributed by atoms with Gasteiger partial charge in [-0.25, -0.2) is 4.98 Å². The van der Waals surface area contributed by atoms with Crippen molar-refractivity contribution in [3.05, 3.63) is 48.0 Å². The Balaban J connectivity index is 1.61. The van der Waals surface area contributed by atoms with E-state index in [4.69, 9.17) is 4.74 Å². The van der Waals surface area contributed by atoms with Crippen LogP contribution in [0.15, 0.2) is 36.7 Å². The first kappa shape index (κ1) is 18.8. The predicted molar refractivity (Wildman–Crippen MR) is 92.9 cm³/mol. The first-order valence-corrected chi connectivity index (χ1v) is 8.87. The summed E-state index contributed by atoms with van der Waals surface area (Å²) in [5.41, 5.74) is 0.800. The van der Waals surface area contributed by atoms with E-state index in [-0.39, 0.29) is 0 Å².